The Morgan fingerprint density at radius 3 is 2.80 bits per heavy atom. The number of piperazine rings is 1. The highest BCUT2D eigenvalue weighted by atomic mass is 16.2. The van der Waals surface area contributed by atoms with Gasteiger partial charge in [-0.25, -0.2) is 4.79 Å². The molecule has 1 aromatic rings. The largest absolute Gasteiger partial charge is 0.341 e. The average molecular weight is 277 g/mol. The zero-order valence-electron chi connectivity index (χ0n) is 11.1. The molecule has 2 aliphatic heterocycles. The van der Waals surface area contributed by atoms with Crippen molar-refractivity contribution in [1.82, 2.24) is 25.7 Å². The molecule has 8 heteroatoms. The summed E-state index contributed by atoms with van der Waals surface area (Å²) in [5, 5.41) is 12.0. The van der Waals surface area contributed by atoms with E-state index in [1.807, 2.05) is 13.8 Å². The Morgan fingerprint density at radius 2 is 2.15 bits per heavy atom. The maximum absolute atomic E-state index is 12.3. The molecule has 0 bridgehead atoms. The predicted molar refractivity (Wildman–Crippen MR) is 67.3 cm³/mol. The van der Waals surface area contributed by atoms with Gasteiger partial charge in [0, 0.05) is 6.20 Å². The Morgan fingerprint density at radius 1 is 1.40 bits per heavy atom. The fourth-order valence-corrected chi connectivity index (χ4v) is 2.86. The summed E-state index contributed by atoms with van der Waals surface area (Å²) < 4.78 is 0. The number of imide groups is 1. The monoisotopic (exact) mass is 277 g/mol. The first kappa shape index (κ1) is 12.6. The molecule has 0 radical (unpaired) electrons. The molecule has 3 atom stereocenters. The molecule has 0 aromatic carbocycles. The number of aromatic amines is 1. The van der Waals surface area contributed by atoms with Gasteiger partial charge in [0.25, 0.3) is 0 Å². The zero-order valence-corrected chi connectivity index (χ0v) is 11.1. The van der Waals surface area contributed by atoms with E-state index in [0.717, 1.165) is 0 Å². The lowest BCUT2D eigenvalue weighted by Crippen LogP contribution is -2.73. The van der Waals surface area contributed by atoms with E-state index < -0.39 is 23.5 Å². The minimum atomic E-state index is -0.800. The van der Waals surface area contributed by atoms with Crippen LogP contribution >= 0.6 is 0 Å². The van der Waals surface area contributed by atoms with E-state index in [1.165, 1.54) is 4.90 Å². The molecule has 2 fully saturated rings. The van der Waals surface area contributed by atoms with Crippen LogP contribution in [0, 0.1) is 0 Å². The Labute approximate surface area is 114 Å². The van der Waals surface area contributed by atoms with E-state index >= 15 is 0 Å². The maximum Gasteiger partial charge on any atom is 0.325 e. The molecular formula is C12H15N5O3. The van der Waals surface area contributed by atoms with Gasteiger partial charge >= 0.3 is 6.03 Å². The number of aromatic nitrogens is 2. The number of nitrogens with zero attached hydrogens (tertiary/aromatic N) is 2. The molecule has 1 aromatic heterocycles. The fourth-order valence-electron chi connectivity index (χ4n) is 2.86. The molecule has 0 saturated carbocycles. The summed E-state index contributed by atoms with van der Waals surface area (Å²) in [4.78, 5) is 37.1. The summed E-state index contributed by atoms with van der Waals surface area (Å²) in [6, 6.07) is 0.139. The third-order valence-corrected chi connectivity index (χ3v) is 4.17. The van der Waals surface area contributed by atoms with Gasteiger partial charge in [0.15, 0.2) is 0 Å². The van der Waals surface area contributed by atoms with Crippen LogP contribution in [0.25, 0.3) is 0 Å². The molecule has 3 heterocycles. The number of nitrogens with one attached hydrogen (secondary N) is 3. The van der Waals surface area contributed by atoms with Crippen molar-refractivity contribution in [2.24, 2.45) is 0 Å². The Bertz CT molecular complexity index is 584. The number of carbonyl (C=O) groups is 3. The number of H-pyrrole nitrogens is 1. The van der Waals surface area contributed by atoms with Crippen molar-refractivity contribution in [1.29, 1.82) is 0 Å². The summed E-state index contributed by atoms with van der Waals surface area (Å²) in [5.74, 6) is -0.765. The summed E-state index contributed by atoms with van der Waals surface area (Å²) in [6.45, 7) is 3.64. The van der Waals surface area contributed by atoms with Crippen LogP contribution in [0.1, 0.15) is 26.0 Å². The minimum absolute atomic E-state index is 0.0153. The number of fused-ring (bicyclic) bond motifs is 1. The van der Waals surface area contributed by atoms with Crippen LogP contribution in [0.15, 0.2) is 12.3 Å². The van der Waals surface area contributed by atoms with Crippen molar-refractivity contribution < 1.29 is 14.4 Å². The fraction of sp³-hybridized carbons (Fsp3) is 0.500. The Kier molecular flexibility index (Phi) is 2.56. The van der Waals surface area contributed by atoms with Crippen LogP contribution in [0.5, 0.6) is 0 Å². The van der Waals surface area contributed by atoms with Crippen molar-refractivity contribution in [3.05, 3.63) is 18.0 Å². The number of amides is 4. The lowest BCUT2D eigenvalue weighted by atomic mass is 9.83. The quantitative estimate of drug-likeness (QED) is 0.640. The van der Waals surface area contributed by atoms with Crippen LogP contribution in [-0.4, -0.2) is 45.0 Å². The minimum Gasteiger partial charge on any atom is -0.341 e. The first-order chi connectivity index (χ1) is 9.43. The van der Waals surface area contributed by atoms with Crippen LogP contribution in [0.3, 0.4) is 0 Å². The molecule has 8 nitrogen and oxygen atoms in total. The lowest BCUT2D eigenvalue weighted by Gasteiger charge is -2.50. The predicted octanol–water partition coefficient (Wildman–Crippen LogP) is -0.546. The van der Waals surface area contributed by atoms with Gasteiger partial charge < -0.3 is 10.2 Å². The van der Waals surface area contributed by atoms with Crippen LogP contribution in [0.4, 0.5) is 4.79 Å². The molecule has 0 aliphatic carbocycles. The Hall–Kier alpha value is -2.38. The highest BCUT2D eigenvalue weighted by molar-refractivity contribution is 6.03. The van der Waals surface area contributed by atoms with E-state index in [-0.39, 0.29) is 18.4 Å². The van der Waals surface area contributed by atoms with Crippen LogP contribution in [-0.2, 0) is 15.1 Å². The van der Waals surface area contributed by atoms with Gasteiger partial charge in [0.2, 0.25) is 11.8 Å². The number of urea groups is 1. The average Bonchev–Trinajstić information content (AvgIpc) is 2.89. The van der Waals surface area contributed by atoms with Crippen molar-refractivity contribution in [2.75, 3.05) is 0 Å². The van der Waals surface area contributed by atoms with E-state index in [0.29, 0.717) is 5.69 Å². The topological polar surface area (TPSA) is 107 Å². The molecule has 0 spiro atoms. The van der Waals surface area contributed by atoms with Crippen molar-refractivity contribution in [3.8, 4) is 0 Å². The standard InChI is InChI=1S/C12H15N5O3/c1-6-12(2,8-3-4-13-16-8)15-10(19)7-5-9(18)14-11(20)17(6)7/h3-4,6-7H,5H2,1-2H3,(H,13,16)(H,15,19)(H,14,18,20). The first-order valence-corrected chi connectivity index (χ1v) is 6.38. The summed E-state index contributed by atoms with van der Waals surface area (Å²) in [7, 11) is 0. The second-order valence-electron chi connectivity index (χ2n) is 5.31. The first-order valence-electron chi connectivity index (χ1n) is 6.38. The zero-order chi connectivity index (χ0) is 14.5. The molecule has 106 valence electrons. The van der Waals surface area contributed by atoms with Gasteiger partial charge in [-0.3, -0.25) is 20.0 Å². The van der Waals surface area contributed by atoms with Gasteiger partial charge in [0.1, 0.15) is 11.6 Å². The third kappa shape index (κ3) is 1.60. The van der Waals surface area contributed by atoms with Gasteiger partial charge in [0.05, 0.1) is 18.2 Å². The van der Waals surface area contributed by atoms with Crippen LogP contribution < -0.4 is 10.6 Å². The molecule has 20 heavy (non-hydrogen) atoms. The van der Waals surface area contributed by atoms with Gasteiger partial charge in [-0.15, -0.1) is 0 Å². The second-order valence-corrected chi connectivity index (χ2v) is 5.31. The van der Waals surface area contributed by atoms with E-state index in [9.17, 15) is 14.4 Å². The number of rotatable bonds is 1. The van der Waals surface area contributed by atoms with E-state index in [2.05, 4.69) is 20.8 Å². The normalized spacial score (nSPS) is 33.5. The molecule has 3 N–H and O–H groups in total. The summed E-state index contributed by atoms with van der Waals surface area (Å²) >= 11 is 0. The molecule has 3 rings (SSSR count). The van der Waals surface area contributed by atoms with Crippen LogP contribution in [0.2, 0.25) is 0 Å². The highest BCUT2D eigenvalue weighted by Gasteiger charge is 2.52. The van der Waals surface area contributed by atoms with E-state index in [4.69, 9.17) is 0 Å². The van der Waals surface area contributed by atoms with Crippen molar-refractivity contribution >= 4 is 17.8 Å². The summed E-state index contributed by atoms with van der Waals surface area (Å²) in [5.41, 5.74) is -0.160. The molecule has 2 saturated heterocycles. The van der Waals surface area contributed by atoms with Gasteiger partial charge in [-0.2, -0.15) is 5.10 Å². The molecular weight excluding hydrogens is 262 g/mol. The molecule has 4 amide bonds. The second kappa shape index (κ2) is 4.06. The SMILES string of the molecule is CC1N2C(=O)NC(=O)CC2C(=O)NC1(C)c1cc[nH]n1. The van der Waals surface area contributed by atoms with Crippen molar-refractivity contribution in [3.63, 3.8) is 0 Å². The third-order valence-electron chi connectivity index (χ3n) is 4.17. The number of hydrogen-bond acceptors (Lipinski definition) is 4. The van der Waals surface area contributed by atoms with Gasteiger partial charge in [-0.05, 0) is 19.9 Å². The Balaban J connectivity index is 2.01. The molecule has 2 aliphatic rings. The smallest absolute Gasteiger partial charge is 0.325 e. The van der Waals surface area contributed by atoms with E-state index in [1.54, 1.807) is 12.3 Å². The maximum atomic E-state index is 12.3. The molecule has 3 unspecified atom stereocenters. The van der Waals surface area contributed by atoms with Crippen molar-refractivity contribution in [2.45, 2.75) is 37.9 Å². The summed E-state index contributed by atoms with van der Waals surface area (Å²) in [6.07, 6.45) is 1.64. The highest BCUT2D eigenvalue weighted by Crippen LogP contribution is 2.33. The number of hydrogen-bond donors (Lipinski definition) is 3. The number of carbonyl (C=O) groups excluding carboxylic acids is 3. The van der Waals surface area contributed by atoms with Gasteiger partial charge in [-0.1, -0.05) is 0 Å². The lowest BCUT2D eigenvalue weighted by molar-refractivity contribution is -0.140.